The molecule has 28 heavy (non-hydrogen) atoms. The lowest BCUT2D eigenvalue weighted by atomic mass is 10.2. The maximum absolute atomic E-state index is 12.6. The van der Waals surface area contributed by atoms with Gasteiger partial charge < -0.3 is 24.5 Å². The molecule has 1 aromatic heterocycles. The SMILES string of the molecule is COC(=O)c1[nH]c2cccc(OC)c2c1NC(=O)CCN1C[C@@H](C)O[C@H](C)C1. The summed E-state index contributed by atoms with van der Waals surface area (Å²) >= 11 is 0. The lowest BCUT2D eigenvalue weighted by Crippen LogP contribution is -2.46. The average molecular weight is 389 g/mol. The van der Waals surface area contributed by atoms with Gasteiger partial charge in [0.1, 0.15) is 11.4 Å². The van der Waals surface area contributed by atoms with Crippen molar-refractivity contribution in [3.05, 3.63) is 23.9 Å². The third-order valence-electron chi connectivity index (χ3n) is 4.81. The minimum atomic E-state index is -0.551. The van der Waals surface area contributed by atoms with Crippen LogP contribution < -0.4 is 10.1 Å². The van der Waals surface area contributed by atoms with Gasteiger partial charge in [-0.15, -0.1) is 0 Å². The zero-order valence-electron chi connectivity index (χ0n) is 16.7. The van der Waals surface area contributed by atoms with E-state index in [-0.39, 0.29) is 23.8 Å². The van der Waals surface area contributed by atoms with Crippen molar-refractivity contribution in [2.45, 2.75) is 32.5 Å². The number of H-pyrrole nitrogens is 1. The monoisotopic (exact) mass is 389 g/mol. The Labute approximate surface area is 164 Å². The van der Waals surface area contributed by atoms with E-state index in [0.29, 0.717) is 35.3 Å². The van der Waals surface area contributed by atoms with Gasteiger partial charge in [-0.2, -0.15) is 0 Å². The quantitative estimate of drug-likeness (QED) is 0.737. The number of benzene rings is 1. The van der Waals surface area contributed by atoms with Crippen LogP contribution in [-0.4, -0.2) is 67.8 Å². The fourth-order valence-corrected chi connectivity index (χ4v) is 3.69. The van der Waals surface area contributed by atoms with Gasteiger partial charge in [-0.25, -0.2) is 4.79 Å². The molecular formula is C20H27N3O5. The number of fused-ring (bicyclic) bond motifs is 1. The standard InChI is InChI=1S/C20H27N3O5/c1-12-10-23(11-13(2)28-12)9-8-16(24)22-18-17-14(6-5-7-15(17)26-3)21-19(18)20(25)27-4/h5-7,12-13,21H,8-11H2,1-4H3,(H,22,24)/t12-,13-/m1/s1. The Morgan fingerprint density at radius 1 is 1.25 bits per heavy atom. The number of methoxy groups -OCH3 is 2. The number of morpholine rings is 1. The molecule has 0 saturated carbocycles. The van der Waals surface area contributed by atoms with E-state index in [1.165, 1.54) is 7.11 Å². The largest absolute Gasteiger partial charge is 0.496 e. The minimum Gasteiger partial charge on any atom is -0.496 e. The number of hydrogen-bond acceptors (Lipinski definition) is 6. The number of hydrogen-bond donors (Lipinski definition) is 2. The third kappa shape index (κ3) is 4.28. The van der Waals surface area contributed by atoms with Gasteiger partial charge in [0.2, 0.25) is 5.91 Å². The van der Waals surface area contributed by atoms with Gasteiger partial charge in [-0.05, 0) is 26.0 Å². The summed E-state index contributed by atoms with van der Waals surface area (Å²) in [5.41, 5.74) is 1.27. The lowest BCUT2D eigenvalue weighted by Gasteiger charge is -2.35. The van der Waals surface area contributed by atoms with Crippen LogP contribution in [0.1, 0.15) is 30.8 Å². The van der Waals surface area contributed by atoms with E-state index >= 15 is 0 Å². The van der Waals surface area contributed by atoms with Gasteiger partial charge >= 0.3 is 5.97 Å². The molecule has 2 N–H and O–H groups in total. The zero-order valence-corrected chi connectivity index (χ0v) is 16.7. The van der Waals surface area contributed by atoms with Crippen LogP contribution in [0.4, 0.5) is 5.69 Å². The summed E-state index contributed by atoms with van der Waals surface area (Å²) in [6.45, 7) is 6.28. The van der Waals surface area contributed by atoms with E-state index in [1.807, 2.05) is 26.0 Å². The molecule has 1 amide bonds. The molecule has 3 rings (SSSR count). The zero-order chi connectivity index (χ0) is 20.3. The van der Waals surface area contributed by atoms with Crippen LogP contribution >= 0.6 is 0 Å². The van der Waals surface area contributed by atoms with Gasteiger partial charge in [0.15, 0.2) is 0 Å². The minimum absolute atomic E-state index is 0.149. The number of carbonyl (C=O) groups is 2. The number of esters is 1. The topological polar surface area (TPSA) is 92.9 Å². The van der Waals surface area contributed by atoms with Crippen molar-refractivity contribution in [1.29, 1.82) is 0 Å². The fraction of sp³-hybridized carbons (Fsp3) is 0.500. The Morgan fingerprint density at radius 3 is 2.61 bits per heavy atom. The number of rotatable bonds is 6. The number of nitrogens with zero attached hydrogens (tertiary/aromatic N) is 1. The van der Waals surface area contributed by atoms with Gasteiger partial charge in [0, 0.05) is 26.1 Å². The normalized spacial score (nSPS) is 20.1. The number of nitrogens with one attached hydrogen (secondary N) is 2. The second-order valence-corrected chi connectivity index (χ2v) is 7.06. The molecule has 2 atom stereocenters. The van der Waals surface area contributed by atoms with Gasteiger partial charge in [0.05, 0.1) is 43.0 Å². The second-order valence-electron chi connectivity index (χ2n) is 7.06. The van der Waals surface area contributed by atoms with Crippen LogP contribution in [-0.2, 0) is 14.3 Å². The first kappa shape index (κ1) is 20.2. The van der Waals surface area contributed by atoms with Crippen LogP contribution in [0.25, 0.3) is 10.9 Å². The molecule has 1 saturated heterocycles. The molecule has 0 radical (unpaired) electrons. The summed E-state index contributed by atoms with van der Waals surface area (Å²) in [4.78, 5) is 30.1. The van der Waals surface area contributed by atoms with Crippen molar-refractivity contribution in [1.82, 2.24) is 9.88 Å². The predicted octanol–water partition coefficient (Wildman–Crippen LogP) is 2.40. The lowest BCUT2D eigenvalue weighted by molar-refractivity contribution is -0.117. The van der Waals surface area contributed by atoms with E-state index < -0.39 is 5.97 Å². The first-order chi connectivity index (χ1) is 13.4. The van der Waals surface area contributed by atoms with Crippen molar-refractivity contribution in [3.63, 3.8) is 0 Å². The van der Waals surface area contributed by atoms with Gasteiger partial charge in [-0.3, -0.25) is 9.69 Å². The van der Waals surface area contributed by atoms with Crippen LogP contribution in [0.15, 0.2) is 18.2 Å². The molecule has 2 heterocycles. The Bertz CT molecular complexity index is 853. The smallest absolute Gasteiger partial charge is 0.356 e. The molecule has 0 aliphatic carbocycles. The molecule has 152 valence electrons. The molecule has 0 bridgehead atoms. The number of aromatic nitrogens is 1. The number of carbonyl (C=O) groups excluding carboxylic acids is 2. The summed E-state index contributed by atoms with van der Waals surface area (Å²) in [5, 5.41) is 3.52. The maximum atomic E-state index is 12.6. The molecule has 1 fully saturated rings. The molecule has 8 heteroatoms. The number of aromatic amines is 1. The maximum Gasteiger partial charge on any atom is 0.356 e. The first-order valence-corrected chi connectivity index (χ1v) is 9.37. The highest BCUT2D eigenvalue weighted by Gasteiger charge is 2.25. The van der Waals surface area contributed by atoms with Crippen molar-refractivity contribution in [2.75, 3.05) is 39.2 Å². The molecule has 1 aliphatic rings. The summed E-state index contributed by atoms with van der Waals surface area (Å²) in [7, 11) is 2.85. The summed E-state index contributed by atoms with van der Waals surface area (Å²) < 4.78 is 16.0. The summed E-state index contributed by atoms with van der Waals surface area (Å²) in [5.74, 6) is -0.164. The third-order valence-corrected chi connectivity index (χ3v) is 4.81. The van der Waals surface area contributed by atoms with E-state index in [4.69, 9.17) is 14.2 Å². The van der Waals surface area contributed by atoms with E-state index in [0.717, 1.165) is 13.1 Å². The first-order valence-electron chi connectivity index (χ1n) is 9.37. The summed E-state index contributed by atoms with van der Waals surface area (Å²) in [6, 6.07) is 5.41. The van der Waals surface area contributed by atoms with Crippen LogP contribution in [0.2, 0.25) is 0 Å². The van der Waals surface area contributed by atoms with E-state index in [1.54, 1.807) is 13.2 Å². The Hall–Kier alpha value is -2.58. The molecule has 1 aliphatic heterocycles. The Balaban J connectivity index is 1.78. The number of anilines is 1. The fourth-order valence-electron chi connectivity index (χ4n) is 3.69. The van der Waals surface area contributed by atoms with Crippen LogP contribution in [0.5, 0.6) is 5.75 Å². The Morgan fingerprint density at radius 2 is 1.96 bits per heavy atom. The molecular weight excluding hydrogens is 362 g/mol. The Kier molecular flexibility index (Phi) is 6.21. The van der Waals surface area contributed by atoms with Crippen molar-refractivity contribution in [3.8, 4) is 5.75 Å². The molecule has 2 aromatic rings. The van der Waals surface area contributed by atoms with Crippen LogP contribution in [0.3, 0.4) is 0 Å². The van der Waals surface area contributed by atoms with Gasteiger partial charge in [-0.1, -0.05) is 6.07 Å². The highest BCUT2D eigenvalue weighted by Crippen LogP contribution is 2.35. The highest BCUT2D eigenvalue weighted by atomic mass is 16.5. The molecule has 0 spiro atoms. The van der Waals surface area contributed by atoms with E-state index in [9.17, 15) is 9.59 Å². The predicted molar refractivity (Wildman–Crippen MR) is 106 cm³/mol. The van der Waals surface area contributed by atoms with Crippen LogP contribution in [0, 0.1) is 0 Å². The van der Waals surface area contributed by atoms with Crippen molar-refractivity contribution >= 4 is 28.5 Å². The molecule has 8 nitrogen and oxygen atoms in total. The van der Waals surface area contributed by atoms with Crippen molar-refractivity contribution < 1.29 is 23.8 Å². The number of amides is 1. The second kappa shape index (κ2) is 8.62. The summed E-state index contributed by atoms with van der Waals surface area (Å²) in [6.07, 6.45) is 0.605. The molecule has 1 aromatic carbocycles. The average Bonchev–Trinajstić information content (AvgIpc) is 3.03. The van der Waals surface area contributed by atoms with Gasteiger partial charge in [0.25, 0.3) is 0 Å². The van der Waals surface area contributed by atoms with E-state index in [2.05, 4.69) is 15.2 Å². The van der Waals surface area contributed by atoms with Crippen molar-refractivity contribution in [2.24, 2.45) is 0 Å². The number of ether oxygens (including phenoxy) is 3. The molecule has 0 unspecified atom stereocenters. The highest BCUT2D eigenvalue weighted by molar-refractivity contribution is 6.12.